The van der Waals surface area contributed by atoms with Gasteiger partial charge >= 0.3 is 0 Å². The molecule has 1 aliphatic rings. The van der Waals surface area contributed by atoms with E-state index in [0.717, 1.165) is 51.6 Å². The van der Waals surface area contributed by atoms with Crippen molar-refractivity contribution in [2.45, 2.75) is 58.4 Å². The number of hydrogen-bond acceptors (Lipinski definition) is 3. The maximum atomic E-state index is 13.1. The molecule has 21 heavy (non-hydrogen) atoms. The van der Waals surface area contributed by atoms with Gasteiger partial charge in [0.15, 0.2) is 0 Å². The minimum Gasteiger partial charge on any atom is -0.392 e. The van der Waals surface area contributed by atoms with Gasteiger partial charge in [0.05, 0.1) is 10.4 Å². The maximum absolute atomic E-state index is 13.1. The van der Waals surface area contributed by atoms with Gasteiger partial charge in [-0.15, -0.1) is 0 Å². The molecule has 0 spiro atoms. The Hall–Kier alpha value is -0.680. The van der Waals surface area contributed by atoms with Crippen LogP contribution >= 0.6 is 12.2 Å². The van der Waals surface area contributed by atoms with Crippen LogP contribution in [-0.2, 0) is 4.79 Å². The number of nitrogens with zero attached hydrogens (tertiary/aromatic N) is 2. The third-order valence-corrected chi connectivity index (χ3v) is 5.18. The monoisotopic (exact) mass is 313 g/mol. The SMILES string of the molecule is CCCC(CCC)(C(=O)N(C)C1CCN(C)CC1)C(N)=S. The molecular weight excluding hydrogens is 282 g/mol. The van der Waals surface area contributed by atoms with E-state index in [1.807, 2.05) is 11.9 Å². The zero-order valence-electron chi connectivity index (χ0n) is 14.0. The molecule has 122 valence electrons. The van der Waals surface area contributed by atoms with Crippen LogP contribution in [0.1, 0.15) is 52.4 Å². The number of nitrogens with two attached hydrogens (primary N) is 1. The fourth-order valence-corrected chi connectivity index (χ4v) is 3.72. The van der Waals surface area contributed by atoms with Crippen molar-refractivity contribution in [1.82, 2.24) is 9.80 Å². The van der Waals surface area contributed by atoms with Gasteiger partial charge in [-0.3, -0.25) is 4.79 Å². The molecule has 2 N–H and O–H groups in total. The van der Waals surface area contributed by atoms with Gasteiger partial charge in [-0.2, -0.15) is 0 Å². The van der Waals surface area contributed by atoms with Gasteiger partial charge in [0.25, 0.3) is 0 Å². The smallest absolute Gasteiger partial charge is 0.235 e. The van der Waals surface area contributed by atoms with Crippen molar-refractivity contribution < 1.29 is 4.79 Å². The predicted octanol–water partition coefficient (Wildman–Crippen LogP) is 2.41. The van der Waals surface area contributed by atoms with E-state index in [1.54, 1.807) is 0 Å². The van der Waals surface area contributed by atoms with Crippen molar-refractivity contribution in [3.05, 3.63) is 0 Å². The molecule has 0 aromatic heterocycles. The number of piperidine rings is 1. The lowest BCUT2D eigenvalue weighted by atomic mass is 9.77. The second kappa shape index (κ2) is 8.08. The third kappa shape index (κ3) is 4.16. The van der Waals surface area contributed by atoms with E-state index in [1.165, 1.54) is 0 Å². The molecule has 0 saturated carbocycles. The average Bonchev–Trinajstić information content (AvgIpc) is 2.46. The van der Waals surface area contributed by atoms with E-state index in [4.69, 9.17) is 18.0 Å². The molecule has 0 aliphatic carbocycles. The van der Waals surface area contributed by atoms with E-state index in [-0.39, 0.29) is 5.91 Å². The van der Waals surface area contributed by atoms with E-state index in [2.05, 4.69) is 25.8 Å². The van der Waals surface area contributed by atoms with Crippen LogP contribution in [-0.4, -0.2) is 53.9 Å². The number of thiocarbonyl (C=S) groups is 1. The molecule has 1 rings (SSSR count). The standard InChI is InChI=1S/C16H31N3OS/c1-5-9-16(10-6-2,14(17)21)15(20)19(4)13-7-11-18(3)12-8-13/h13H,5-12H2,1-4H3,(H2,17,21). The minimum atomic E-state index is -0.642. The van der Waals surface area contributed by atoms with Crippen molar-refractivity contribution in [2.75, 3.05) is 27.2 Å². The lowest BCUT2D eigenvalue weighted by molar-refractivity contribution is -0.140. The number of likely N-dealkylation sites (tertiary alicyclic amines) is 1. The Bertz CT molecular complexity index is 359. The number of amides is 1. The summed E-state index contributed by atoms with van der Waals surface area (Å²) in [6, 6.07) is 0.316. The molecule has 1 saturated heterocycles. The van der Waals surface area contributed by atoms with E-state index in [0.29, 0.717) is 11.0 Å². The molecule has 0 unspecified atom stereocenters. The molecule has 0 aromatic carbocycles. The lowest BCUT2D eigenvalue weighted by Crippen LogP contribution is -2.54. The highest BCUT2D eigenvalue weighted by molar-refractivity contribution is 7.80. The highest BCUT2D eigenvalue weighted by Crippen LogP contribution is 2.34. The molecule has 0 atom stereocenters. The van der Waals surface area contributed by atoms with Crippen molar-refractivity contribution in [1.29, 1.82) is 0 Å². The molecule has 1 aliphatic heterocycles. The van der Waals surface area contributed by atoms with Crippen LogP contribution < -0.4 is 5.73 Å². The quantitative estimate of drug-likeness (QED) is 0.733. The van der Waals surface area contributed by atoms with Crippen LogP contribution in [0.25, 0.3) is 0 Å². The largest absolute Gasteiger partial charge is 0.392 e. The summed E-state index contributed by atoms with van der Waals surface area (Å²) in [5.41, 5.74) is 5.37. The summed E-state index contributed by atoms with van der Waals surface area (Å²) in [5.74, 6) is 0.133. The Morgan fingerprint density at radius 3 is 2.14 bits per heavy atom. The van der Waals surface area contributed by atoms with Gasteiger partial charge in [-0.05, 0) is 45.8 Å². The zero-order chi connectivity index (χ0) is 16.0. The zero-order valence-corrected chi connectivity index (χ0v) is 14.8. The molecule has 0 aromatic rings. The minimum absolute atomic E-state index is 0.133. The molecule has 5 heteroatoms. The van der Waals surface area contributed by atoms with Crippen LogP contribution in [0, 0.1) is 5.41 Å². The molecule has 1 heterocycles. The Balaban J connectivity index is 2.90. The molecule has 0 radical (unpaired) electrons. The molecule has 4 nitrogen and oxygen atoms in total. The van der Waals surface area contributed by atoms with Crippen molar-refractivity contribution >= 4 is 23.1 Å². The van der Waals surface area contributed by atoms with Crippen LogP contribution in [0.2, 0.25) is 0 Å². The molecule has 1 amide bonds. The van der Waals surface area contributed by atoms with E-state index >= 15 is 0 Å². The topological polar surface area (TPSA) is 49.6 Å². The highest BCUT2D eigenvalue weighted by atomic mass is 32.1. The van der Waals surface area contributed by atoms with Crippen LogP contribution in [0.5, 0.6) is 0 Å². The van der Waals surface area contributed by atoms with E-state index in [9.17, 15) is 4.79 Å². The summed E-state index contributed by atoms with van der Waals surface area (Å²) >= 11 is 5.30. The van der Waals surface area contributed by atoms with Crippen LogP contribution in [0.3, 0.4) is 0 Å². The average molecular weight is 314 g/mol. The predicted molar refractivity (Wildman–Crippen MR) is 92.3 cm³/mol. The van der Waals surface area contributed by atoms with Crippen molar-refractivity contribution in [3.63, 3.8) is 0 Å². The first-order valence-corrected chi connectivity index (χ1v) is 8.55. The summed E-state index contributed by atoms with van der Waals surface area (Å²) in [7, 11) is 4.06. The number of rotatable bonds is 7. The Morgan fingerprint density at radius 1 is 1.29 bits per heavy atom. The number of carbonyl (C=O) groups is 1. The maximum Gasteiger partial charge on any atom is 0.235 e. The van der Waals surface area contributed by atoms with Gasteiger partial charge in [0.1, 0.15) is 0 Å². The first-order valence-electron chi connectivity index (χ1n) is 8.14. The van der Waals surface area contributed by atoms with Crippen LogP contribution in [0.15, 0.2) is 0 Å². The summed E-state index contributed by atoms with van der Waals surface area (Å²) < 4.78 is 0. The summed E-state index contributed by atoms with van der Waals surface area (Å²) in [5, 5.41) is 0. The second-order valence-electron chi connectivity index (χ2n) is 6.40. The third-order valence-electron chi connectivity index (χ3n) is 4.79. The Labute approximate surface area is 135 Å². The molecule has 1 fully saturated rings. The van der Waals surface area contributed by atoms with Gasteiger partial charge in [0.2, 0.25) is 5.91 Å². The highest BCUT2D eigenvalue weighted by Gasteiger charge is 2.43. The van der Waals surface area contributed by atoms with Crippen molar-refractivity contribution in [2.24, 2.45) is 11.1 Å². The summed E-state index contributed by atoms with van der Waals surface area (Å²) in [6.07, 6.45) is 5.42. The lowest BCUT2D eigenvalue weighted by Gasteiger charge is -2.41. The van der Waals surface area contributed by atoms with Gasteiger partial charge in [-0.25, -0.2) is 0 Å². The van der Waals surface area contributed by atoms with Gasteiger partial charge < -0.3 is 15.5 Å². The normalized spacial score (nSPS) is 17.7. The Kier molecular flexibility index (Phi) is 7.07. The van der Waals surface area contributed by atoms with E-state index < -0.39 is 5.41 Å². The number of carbonyl (C=O) groups excluding carboxylic acids is 1. The molecular formula is C16H31N3OS. The number of hydrogen-bond donors (Lipinski definition) is 1. The second-order valence-corrected chi connectivity index (χ2v) is 6.84. The summed E-state index contributed by atoms with van der Waals surface area (Å²) in [4.78, 5) is 17.7. The van der Waals surface area contributed by atoms with Gasteiger partial charge in [-0.1, -0.05) is 38.9 Å². The van der Waals surface area contributed by atoms with Crippen LogP contribution in [0.4, 0.5) is 0 Å². The fourth-order valence-electron chi connectivity index (χ4n) is 3.43. The Morgan fingerprint density at radius 2 is 1.76 bits per heavy atom. The summed E-state index contributed by atoms with van der Waals surface area (Å²) in [6.45, 7) is 6.27. The van der Waals surface area contributed by atoms with Crippen molar-refractivity contribution in [3.8, 4) is 0 Å². The first kappa shape index (κ1) is 18.4. The molecule has 0 bridgehead atoms. The van der Waals surface area contributed by atoms with Gasteiger partial charge in [0, 0.05) is 13.1 Å². The fraction of sp³-hybridized carbons (Fsp3) is 0.875. The first-order chi connectivity index (χ1) is 9.89.